The number of carbonyl (C=O) groups is 1. The highest BCUT2D eigenvalue weighted by molar-refractivity contribution is 6.03. The van der Waals surface area contributed by atoms with E-state index in [0.717, 1.165) is 18.9 Å². The van der Waals surface area contributed by atoms with Crippen LogP contribution in [0.4, 0.5) is 14.5 Å². The number of fused-ring (bicyclic) bond motifs is 1. The van der Waals surface area contributed by atoms with Gasteiger partial charge in [0.2, 0.25) is 5.91 Å². The minimum absolute atomic E-state index is 0.148. The number of carbonyl (C=O) groups excluding carboxylic acids is 1. The molecule has 0 bridgehead atoms. The molecule has 1 aliphatic heterocycles. The van der Waals surface area contributed by atoms with E-state index in [-0.39, 0.29) is 11.6 Å². The first-order chi connectivity index (χ1) is 8.52. The molecule has 1 amide bonds. The van der Waals surface area contributed by atoms with Crippen molar-refractivity contribution in [2.75, 3.05) is 5.32 Å². The molecule has 1 heterocycles. The SMILES string of the molecule is CCCC(C)CC1C(=O)Nc2c(F)cc(F)cc21. The number of rotatable bonds is 4. The fraction of sp³-hybridized carbons (Fsp3) is 0.500. The van der Waals surface area contributed by atoms with E-state index in [1.54, 1.807) is 0 Å². The van der Waals surface area contributed by atoms with Crippen LogP contribution >= 0.6 is 0 Å². The van der Waals surface area contributed by atoms with Crippen molar-refractivity contribution in [2.24, 2.45) is 5.92 Å². The Labute approximate surface area is 105 Å². The van der Waals surface area contributed by atoms with Gasteiger partial charge in [0.15, 0.2) is 0 Å². The van der Waals surface area contributed by atoms with Crippen LogP contribution in [0, 0.1) is 17.6 Å². The van der Waals surface area contributed by atoms with E-state index >= 15 is 0 Å². The Morgan fingerprint density at radius 2 is 2.11 bits per heavy atom. The van der Waals surface area contributed by atoms with Crippen LogP contribution in [-0.4, -0.2) is 5.91 Å². The summed E-state index contributed by atoms with van der Waals surface area (Å²) in [5, 5.41) is 2.51. The molecule has 4 heteroatoms. The van der Waals surface area contributed by atoms with Crippen LogP contribution in [0.5, 0.6) is 0 Å². The van der Waals surface area contributed by atoms with E-state index < -0.39 is 17.6 Å². The Balaban J connectivity index is 2.27. The van der Waals surface area contributed by atoms with E-state index in [0.29, 0.717) is 17.9 Å². The highest BCUT2D eigenvalue weighted by Gasteiger charge is 2.33. The summed E-state index contributed by atoms with van der Waals surface area (Å²) in [5.41, 5.74) is 0.607. The molecular weight excluding hydrogens is 236 g/mol. The summed E-state index contributed by atoms with van der Waals surface area (Å²) in [5.74, 6) is -1.60. The normalized spacial score (nSPS) is 19.6. The lowest BCUT2D eigenvalue weighted by atomic mass is 9.88. The van der Waals surface area contributed by atoms with E-state index in [2.05, 4.69) is 19.2 Å². The van der Waals surface area contributed by atoms with E-state index in [9.17, 15) is 13.6 Å². The zero-order valence-corrected chi connectivity index (χ0v) is 10.6. The van der Waals surface area contributed by atoms with Gasteiger partial charge in [-0.3, -0.25) is 4.79 Å². The maximum absolute atomic E-state index is 13.5. The zero-order chi connectivity index (χ0) is 13.3. The molecule has 2 unspecified atom stereocenters. The van der Waals surface area contributed by atoms with Crippen LogP contribution in [0.3, 0.4) is 0 Å². The molecule has 98 valence electrons. The molecule has 1 aromatic rings. The fourth-order valence-electron chi connectivity index (χ4n) is 2.60. The van der Waals surface area contributed by atoms with Gasteiger partial charge in [0.05, 0.1) is 11.6 Å². The molecule has 0 aliphatic carbocycles. The lowest BCUT2D eigenvalue weighted by Gasteiger charge is -2.14. The Morgan fingerprint density at radius 3 is 2.78 bits per heavy atom. The van der Waals surface area contributed by atoms with Crippen molar-refractivity contribution in [2.45, 2.75) is 39.0 Å². The Hall–Kier alpha value is -1.45. The molecule has 1 N–H and O–H groups in total. The molecule has 2 atom stereocenters. The average Bonchev–Trinajstić information content (AvgIpc) is 2.58. The van der Waals surface area contributed by atoms with E-state index in [4.69, 9.17) is 0 Å². The van der Waals surface area contributed by atoms with Gasteiger partial charge in [-0.15, -0.1) is 0 Å². The number of halogens is 2. The first-order valence-corrected chi connectivity index (χ1v) is 6.32. The van der Waals surface area contributed by atoms with Gasteiger partial charge in [0.25, 0.3) is 0 Å². The minimum Gasteiger partial charge on any atom is -0.323 e. The third-order valence-corrected chi connectivity index (χ3v) is 3.45. The quantitative estimate of drug-likeness (QED) is 0.868. The van der Waals surface area contributed by atoms with Gasteiger partial charge in [-0.1, -0.05) is 26.7 Å². The van der Waals surface area contributed by atoms with Gasteiger partial charge in [-0.05, 0) is 24.0 Å². The van der Waals surface area contributed by atoms with Gasteiger partial charge in [-0.2, -0.15) is 0 Å². The van der Waals surface area contributed by atoms with Crippen LogP contribution < -0.4 is 5.32 Å². The summed E-state index contributed by atoms with van der Waals surface area (Å²) in [7, 11) is 0. The lowest BCUT2D eigenvalue weighted by molar-refractivity contribution is -0.117. The van der Waals surface area contributed by atoms with Crippen LogP contribution in [0.25, 0.3) is 0 Å². The van der Waals surface area contributed by atoms with Gasteiger partial charge in [-0.25, -0.2) is 8.78 Å². The van der Waals surface area contributed by atoms with Crippen molar-refractivity contribution in [1.82, 2.24) is 0 Å². The molecular formula is C14H17F2NO. The first-order valence-electron chi connectivity index (χ1n) is 6.32. The summed E-state index contributed by atoms with van der Waals surface area (Å²) < 4.78 is 26.8. The maximum Gasteiger partial charge on any atom is 0.232 e. The fourth-order valence-corrected chi connectivity index (χ4v) is 2.60. The van der Waals surface area contributed by atoms with Crippen LogP contribution in [0.15, 0.2) is 12.1 Å². The maximum atomic E-state index is 13.5. The highest BCUT2D eigenvalue weighted by atomic mass is 19.1. The van der Waals surface area contributed by atoms with Gasteiger partial charge in [0.1, 0.15) is 11.6 Å². The van der Waals surface area contributed by atoms with Crippen LogP contribution in [0.2, 0.25) is 0 Å². The second-order valence-corrected chi connectivity index (χ2v) is 5.02. The summed E-state index contributed by atoms with van der Waals surface area (Å²) in [4.78, 5) is 11.8. The number of amides is 1. The van der Waals surface area contributed by atoms with Crippen molar-refractivity contribution in [3.05, 3.63) is 29.3 Å². The molecule has 1 aliphatic rings. The minimum atomic E-state index is -0.691. The molecule has 1 aromatic carbocycles. The average molecular weight is 253 g/mol. The van der Waals surface area contributed by atoms with Crippen molar-refractivity contribution in [3.63, 3.8) is 0 Å². The second kappa shape index (κ2) is 5.04. The summed E-state index contributed by atoms with van der Waals surface area (Å²) in [6.45, 7) is 4.14. The Morgan fingerprint density at radius 1 is 1.39 bits per heavy atom. The molecule has 0 spiro atoms. The van der Waals surface area contributed by atoms with Gasteiger partial charge in [0, 0.05) is 6.07 Å². The van der Waals surface area contributed by atoms with Gasteiger partial charge >= 0.3 is 0 Å². The van der Waals surface area contributed by atoms with Crippen LogP contribution in [-0.2, 0) is 4.79 Å². The van der Waals surface area contributed by atoms with Crippen molar-refractivity contribution >= 4 is 11.6 Å². The predicted molar refractivity (Wildman–Crippen MR) is 66.4 cm³/mol. The number of anilines is 1. The molecule has 0 aromatic heterocycles. The Bertz CT molecular complexity index is 473. The third-order valence-electron chi connectivity index (χ3n) is 3.45. The summed E-state index contributed by atoms with van der Waals surface area (Å²) in [6.07, 6.45) is 2.69. The van der Waals surface area contributed by atoms with E-state index in [1.165, 1.54) is 6.07 Å². The molecule has 2 nitrogen and oxygen atoms in total. The molecule has 0 radical (unpaired) electrons. The van der Waals surface area contributed by atoms with Crippen LogP contribution in [0.1, 0.15) is 44.6 Å². The largest absolute Gasteiger partial charge is 0.323 e. The summed E-state index contributed by atoms with van der Waals surface area (Å²) in [6, 6.07) is 2.07. The molecule has 0 saturated heterocycles. The third kappa shape index (κ3) is 2.37. The van der Waals surface area contributed by atoms with Crippen molar-refractivity contribution in [1.29, 1.82) is 0 Å². The van der Waals surface area contributed by atoms with Gasteiger partial charge < -0.3 is 5.32 Å². The Kier molecular flexibility index (Phi) is 3.64. The molecule has 2 rings (SSSR count). The molecule has 18 heavy (non-hydrogen) atoms. The summed E-state index contributed by atoms with van der Waals surface area (Å²) >= 11 is 0. The number of hydrogen-bond acceptors (Lipinski definition) is 1. The van der Waals surface area contributed by atoms with Crippen molar-refractivity contribution < 1.29 is 13.6 Å². The highest BCUT2D eigenvalue weighted by Crippen LogP contribution is 2.39. The molecule has 0 saturated carbocycles. The van der Waals surface area contributed by atoms with Crippen molar-refractivity contribution in [3.8, 4) is 0 Å². The topological polar surface area (TPSA) is 29.1 Å². The number of nitrogens with one attached hydrogen (secondary N) is 1. The second-order valence-electron chi connectivity index (χ2n) is 5.02. The standard InChI is InChI=1S/C14H17F2NO/c1-3-4-8(2)5-11-10-6-9(15)7-12(16)13(10)17-14(11)18/h6-8,11H,3-5H2,1-2H3,(H,17,18). The molecule has 0 fully saturated rings. The first kappa shape index (κ1) is 13.0. The monoisotopic (exact) mass is 253 g/mol. The number of benzene rings is 1. The zero-order valence-electron chi connectivity index (χ0n) is 10.6. The van der Waals surface area contributed by atoms with E-state index in [1.807, 2.05) is 0 Å². The lowest BCUT2D eigenvalue weighted by Crippen LogP contribution is -2.14. The number of hydrogen-bond donors (Lipinski definition) is 1. The predicted octanol–water partition coefficient (Wildman–Crippen LogP) is 3.83. The smallest absolute Gasteiger partial charge is 0.232 e.